The first kappa shape index (κ1) is 10.6. The molecular formula is C19H11N3. The Hall–Kier alpha value is -3.07. The van der Waals surface area contributed by atoms with Crippen LogP contribution >= 0.6 is 0 Å². The fourth-order valence-corrected chi connectivity index (χ4v) is 3.83. The molecule has 0 atom stereocenters. The summed E-state index contributed by atoms with van der Waals surface area (Å²) in [5.41, 5.74) is 9.27. The van der Waals surface area contributed by atoms with Crippen LogP contribution < -0.4 is 0 Å². The number of aromatic nitrogens is 3. The Morgan fingerprint density at radius 1 is 0.545 bits per heavy atom. The molecule has 4 aromatic rings. The van der Waals surface area contributed by atoms with Crippen molar-refractivity contribution in [1.82, 2.24) is 15.0 Å². The summed E-state index contributed by atoms with van der Waals surface area (Å²) >= 11 is 0. The third kappa shape index (κ3) is 1.08. The van der Waals surface area contributed by atoms with Crippen LogP contribution in [0.5, 0.6) is 0 Å². The minimum Gasteiger partial charge on any atom is -0.354 e. The first-order chi connectivity index (χ1) is 10.9. The lowest BCUT2D eigenvalue weighted by molar-refractivity contribution is 1.41. The van der Waals surface area contributed by atoms with Crippen LogP contribution in [0.1, 0.15) is 0 Å². The molecule has 0 amide bonds. The van der Waals surface area contributed by atoms with Gasteiger partial charge in [-0.2, -0.15) is 0 Å². The normalized spacial score (nSPS) is 12.5. The van der Waals surface area contributed by atoms with E-state index >= 15 is 0 Å². The van der Waals surface area contributed by atoms with E-state index in [9.17, 15) is 0 Å². The maximum atomic E-state index is 4.86. The van der Waals surface area contributed by atoms with Crippen molar-refractivity contribution in [3.05, 3.63) is 54.6 Å². The molecule has 0 saturated carbocycles. The monoisotopic (exact) mass is 281 g/mol. The van der Waals surface area contributed by atoms with Crippen molar-refractivity contribution in [2.75, 3.05) is 0 Å². The Labute approximate surface area is 125 Å². The van der Waals surface area contributed by atoms with Crippen molar-refractivity contribution >= 4 is 43.9 Å². The molecule has 3 aromatic carbocycles. The Kier molecular flexibility index (Phi) is 1.64. The second kappa shape index (κ2) is 3.39. The highest BCUT2D eigenvalue weighted by atomic mass is 14.8. The first-order valence-electron chi connectivity index (χ1n) is 7.43. The molecule has 0 spiro atoms. The van der Waals surface area contributed by atoms with Crippen molar-refractivity contribution in [3.8, 4) is 11.1 Å². The predicted octanol–water partition coefficient (Wildman–Crippen LogP) is 4.89. The van der Waals surface area contributed by atoms with E-state index in [4.69, 9.17) is 4.98 Å². The zero-order valence-corrected chi connectivity index (χ0v) is 11.6. The number of hydrogen-bond donors (Lipinski definition) is 2. The van der Waals surface area contributed by atoms with Gasteiger partial charge in [0.15, 0.2) is 0 Å². The maximum absolute atomic E-state index is 4.86. The summed E-state index contributed by atoms with van der Waals surface area (Å²) in [6, 6.07) is 19.0. The number of pyridine rings is 3. The van der Waals surface area contributed by atoms with E-state index in [1.807, 2.05) is 0 Å². The molecule has 2 N–H and O–H groups in total. The fraction of sp³-hybridized carbons (Fsp3) is 0. The number of benzene rings is 3. The summed E-state index contributed by atoms with van der Waals surface area (Å²) in [5, 5.41) is 2.45. The summed E-state index contributed by atoms with van der Waals surface area (Å²) in [6.07, 6.45) is 0. The Morgan fingerprint density at radius 3 is 1.64 bits per heavy atom. The molecule has 0 aliphatic carbocycles. The number of H-pyrrole nitrogens is 2. The number of rotatable bonds is 0. The summed E-state index contributed by atoms with van der Waals surface area (Å²) in [7, 11) is 0. The van der Waals surface area contributed by atoms with E-state index in [0.29, 0.717) is 0 Å². The van der Waals surface area contributed by atoms with Gasteiger partial charge in [-0.3, -0.25) is 0 Å². The van der Waals surface area contributed by atoms with Crippen LogP contribution in [0.2, 0.25) is 0 Å². The molecule has 3 nitrogen and oxygen atoms in total. The maximum Gasteiger partial charge on any atom is 0.0736 e. The van der Waals surface area contributed by atoms with Gasteiger partial charge < -0.3 is 9.97 Å². The number of nitrogens with one attached hydrogen (secondary N) is 2. The number of nitrogens with zero attached hydrogens (tertiary/aromatic N) is 1. The van der Waals surface area contributed by atoms with Crippen LogP contribution in [0.3, 0.4) is 0 Å². The van der Waals surface area contributed by atoms with Crippen molar-refractivity contribution < 1.29 is 0 Å². The summed E-state index contributed by atoms with van der Waals surface area (Å²) in [6.45, 7) is 0. The predicted molar refractivity (Wildman–Crippen MR) is 90.8 cm³/mol. The molecule has 3 heteroatoms. The molecule has 22 heavy (non-hydrogen) atoms. The van der Waals surface area contributed by atoms with Gasteiger partial charge in [-0.05, 0) is 36.4 Å². The largest absolute Gasteiger partial charge is 0.354 e. The molecule has 0 unspecified atom stereocenters. The SMILES string of the molecule is c1cc2[nH]c3cccc4nc5cccc6[nH]c(c1)c2-c(c43)c56. The Morgan fingerprint density at radius 2 is 1.05 bits per heavy atom. The molecule has 2 aliphatic rings. The van der Waals surface area contributed by atoms with E-state index in [0.717, 1.165) is 33.1 Å². The van der Waals surface area contributed by atoms with Crippen LogP contribution in [0.4, 0.5) is 0 Å². The minimum atomic E-state index is 1.05. The Balaban J connectivity index is 2.15. The standard InChI is InChI=1S/C19H11N3/c1-4-10-16-11(5-1)21-13-7-3-9-15-18(13)19(16)17-12(20-10)6-2-8-14(17)22-15/h1-9,20-21H. The molecule has 102 valence electrons. The van der Waals surface area contributed by atoms with Crippen LogP contribution in [-0.2, 0) is 0 Å². The molecule has 0 bridgehead atoms. The van der Waals surface area contributed by atoms with Crippen molar-refractivity contribution in [2.24, 2.45) is 0 Å². The molecule has 1 aromatic heterocycles. The van der Waals surface area contributed by atoms with E-state index in [1.165, 1.54) is 21.9 Å². The molecular weight excluding hydrogens is 270 g/mol. The molecule has 0 fully saturated rings. The van der Waals surface area contributed by atoms with E-state index in [2.05, 4.69) is 64.6 Å². The first-order valence-corrected chi connectivity index (χ1v) is 7.43. The fourth-order valence-electron chi connectivity index (χ4n) is 3.83. The summed E-state index contributed by atoms with van der Waals surface area (Å²) in [5.74, 6) is 0. The topological polar surface area (TPSA) is 44.5 Å². The van der Waals surface area contributed by atoms with Gasteiger partial charge in [0.2, 0.25) is 0 Å². The highest BCUT2D eigenvalue weighted by Crippen LogP contribution is 2.44. The zero-order chi connectivity index (χ0) is 14.3. The van der Waals surface area contributed by atoms with Gasteiger partial charge in [0, 0.05) is 44.0 Å². The number of aromatic amines is 2. The average molecular weight is 281 g/mol. The van der Waals surface area contributed by atoms with E-state index in [-0.39, 0.29) is 0 Å². The van der Waals surface area contributed by atoms with Crippen LogP contribution in [0.25, 0.3) is 55.0 Å². The lowest BCUT2D eigenvalue weighted by atomic mass is 9.90. The third-order valence-corrected chi connectivity index (χ3v) is 4.68. The van der Waals surface area contributed by atoms with Crippen molar-refractivity contribution in [2.45, 2.75) is 0 Å². The molecule has 3 heterocycles. The van der Waals surface area contributed by atoms with Gasteiger partial charge >= 0.3 is 0 Å². The van der Waals surface area contributed by atoms with E-state index < -0.39 is 0 Å². The van der Waals surface area contributed by atoms with Crippen LogP contribution in [0, 0.1) is 0 Å². The molecule has 2 aliphatic heterocycles. The smallest absolute Gasteiger partial charge is 0.0736 e. The van der Waals surface area contributed by atoms with Gasteiger partial charge in [-0.25, -0.2) is 4.98 Å². The molecule has 6 rings (SSSR count). The van der Waals surface area contributed by atoms with Crippen molar-refractivity contribution in [1.29, 1.82) is 0 Å². The van der Waals surface area contributed by atoms with Gasteiger partial charge in [0.25, 0.3) is 0 Å². The quantitative estimate of drug-likeness (QED) is 0.302. The molecule has 0 saturated heterocycles. The summed E-state index contributed by atoms with van der Waals surface area (Å²) in [4.78, 5) is 12.0. The zero-order valence-electron chi connectivity index (χ0n) is 11.6. The lowest BCUT2D eigenvalue weighted by Gasteiger charge is -2.20. The lowest BCUT2D eigenvalue weighted by Crippen LogP contribution is -2.00. The van der Waals surface area contributed by atoms with Crippen molar-refractivity contribution in [3.63, 3.8) is 0 Å². The summed E-state index contributed by atoms with van der Waals surface area (Å²) < 4.78 is 0. The van der Waals surface area contributed by atoms with Crippen LogP contribution in [-0.4, -0.2) is 15.0 Å². The molecule has 0 radical (unpaired) electrons. The minimum absolute atomic E-state index is 1.05. The van der Waals surface area contributed by atoms with Crippen LogP contribution in [0.15, 0.2) is 54.6 Å². The second-order valence-electron chi connectivity index (χ2n) is 5.86. The van der Waals surface area contributed by atoms with Gasteiger partial charge in [0.05, 0.1) is 11.0 Å². The second-order valence-corrected chi connectivity index (χ2v) is 5.86. The highest BCUT2D eigenvalue weighted by Gasteiger charge is 2.21. The van der Waals surface area contributed by atoms with Gasteiger partial charge in [0.1, 0.15) is 0 Å². The highest BCUT2D eigenvalue weighted by molar-refractivity contribution is 6.25. The average Bonchev–Trinajstić information content (AvgIpc) is 2.55. The Bertz CT molecular complexity index is 1180. The van der Waals surface area contributed by atoms with Gasteiger partial charge in [-0.15, -0.1) is 0 Å². The third-order valence-electron chi connectivity index (χ3n) is 4.68. The van der Waals surface area contributed by atoms with E-state index in [1.54, 1.807) is 0 Å². The number of hydrogen-bond acceptors (Lipinski definition) is 1. The van der Waals surface area contributed by atoms with Gasteiger partial charge in [-0.1, -0.05) is 18.2 Å².